The molecule has 2 aliphatic heterocycles. The van der Waals surface area contributed by atoms with Gasteiger partial charge in [0.15, 0.2) is 0 Å². The van der Waals surface area contributed by atoms with E-state index in [4.69, 9.17) is 4.74 Å². The Morgan fingerprint density at radius 1 is 1.09 bits per heavy atom. The van der Waals surface area contributed by atoms with Gasteiger partial charge in [0.05, 0.1) is 13.2 Å². The van der Waals surface area contributed by atoms with Gasteiger partial charge in [-0.25, -0.2) is 4.79 Å². The van der Waals surface area contributed by atoms with Crippen LogP contribution in [0.2, 0.25) is 0 Å². The summed E-state index contributed by atoms with van der Waals surface area (Å²) in [5, 5.41) is 3.24. The summed E-state index contributed by atoms with van der Waals surface area (Å²) in [4.78, 5) is 17.3. The number of hydrogen-bond donors (Lipinski definition) is 1. The predicted molar refractivity (Wildman–Crippen MR) is 91.6 cm³/mol. The monoisotopic (exact) mass is 323 g/mol. The van der Waals surface area contributed by atoms with Crippen molar-refractivity contribution in [2.75, 3.05) is 39.4 Å². The van der Waals surface area contributed by atoms with Gasteiger partial charge in [0, 0.05) is 38.3 Å². The minimum Gasteiger partial charge on any atom is -0.379 e. The van der Waals surface area contributed by atoms with Crippen molar-refractivity contribution >= 4 is 6.03 Å². The number of amides is 2. The summed E-state index contributed by atoms with van der Waals surface area (Å²) in [7, 11) is 0. The molecule has 2 saturated heterocycles. The van der Waals surface area contributed by atoms with E-state index in [0.717, 1.165) is 45.3 Å². The van der Waals surface area contributed by atoms with Crippen molar-refractivity contribution in [2.45, 2.75) is 64.0 Å². The molecule has 0 unspecified atom stereocenters. The number of likely N-dealkylation sites (tertiary alicyclic amines) is 1. The van der Waals surface area contributed by atoms with Gasteiger partial charge in [0.25, 0.3) is 0 Å². The molecule has 0 bridgehead atoms. The number of nitrogens with one attached hydrogen (secondary N) is 1. The fourth-order valence-electron chi connectivity index (χ4n) is 4.56. The summed E-state index contributed by atoms with van der Waals surface area (Å²) in [5.41, 5.74) is 0. The fourth-order valence-corrected chi connectivity index (χ4v) is 4.56. The third-order valence-corrected chi connectivity index (χ3v) is 5.76. The number of urea groups is 1. The molecular weight excluding hydrogens is 290 g/mol. The second-order valence-corrected chi connectivity index (χ2v) is 7.56. The number of nitrogens with zero attached hydrogens (tertiary/aromatic N) is 2. The van der Waals surface area contributed by atoms with Crippen LogP contribution < -0.4 is 5.32 Å². The largest absolute Gasteiger partial charge is 0.379 e. The maximum Gasteiger partial charge on any atom is 0.317 e. The summed E-state index contributed by atoms with van der Waals surface area (Å²) in [6.07, 6.45) is 9.10. The zero-order chi connectivity index (χ0) is 16.1. The predicted octanol–water partition coefficient (Wildman–Crippen LogP) is 2.46. The van der Waals surface area contributed by atoms with Gasteiger partial charge >= 0.3 is 6.03 Å². The van der Waals surface area contributed by atoms with E-state index in [1.54, 1.807) is 0 Å². The molecule has 0 aromatic rings. The Morgan fingerprint density at radius 2 is 1.83 bits per heavy atom. The van der Waals surface area contributed by atoms with Gasteiger partial charge in [0.1, 0.15) is 0 Å². The van der Waals surface area contributed by atoms with Crippen molar-refractivity contribution in [1.29, 1.82) is 0 Å². The van der Waals surface area contributed by atoms with Crippen molar-refractivity contribution in [3.63, 3.8) is 0 Å². The minimum atomic E-state index is 0.166. The third-order valence-electron chi connectivity index (χ3n) is 5.76. The molecule has 0 spiro atoms. The standard InChI is InChI=1S/C18H33N3O2/c1-15(14-20-10-12-23-13-11-20)19-18(22)21-9-5-8-17(21)16-6-3-2-4-7-16/h15-17H,2-14H2,1H3,(H,19,22)/t15-,17+/m0/s1. The molecule has 1 aliphatic carbocycles. The molecule has 3 fully saturated rings. The van der Waals surface area contributed by atoms with Gasteiger partial charge in [-0.15, -0.1) is 0 Å². The third kappa shape index (κ3) is 4.60. The number of morpholine rings is 1. The van der Waals surface area contributed by atoms with Crippen molar-refractivity contribution in [1.82, 2.24) is 15.1 Å². The molecule has 0 aromatic carbocycles. The molecule has 132 valence electrons. The molecule has 3 rings (SSSR count). The van der Waals surface area contributed by atoms with Crippen LogP contribution >= 0.6 is 0 Å². The lowest BCUT2D eigenvalue weighted by molar-refractivity contribution is 0.0345. The minimum absolute atomic E-state index is 0.166. The maximum atomic E-state index is 12.7. The van der Waals surface area contributed by atoms with Crippen LogP contribution in [-0.4, -0.2) is 67.3 Å². The number of carbonyl (C=O) groups excluding carboxylic acids is 1. The van der Waals surface area contributed by atoms with Crippen molar-refractivity contribution in [3.05, 3.63) is 0 Å². The Kier molecular flexibility index (Phi) is 6.17. The Bertz CT molecular complexity index is 378. The number of ether oxygens (including phenoxy) is 1. The highest BCUT2D eigenvalue weighted by molar-refractivity contribution is 5.75. The first-order valence-electron chi connectivity index (χ1n) is 9.61. The van der Waals surface area contributed by atoms with Crippen LogP contribution in [0.4, 0.5) is 4.79 Å². The normalized spacial score (nSPS) is 28.7. The van der Waals surface area contributed by atoms with Crippen LogP contribution in [0.5, 0.6) is 0 Å². The molecule has 1 saturated carbocycles. The zero-order valence-electron chi connectivity index (χ0n) is 14.6. The van der Waals surface area contributed by atoms with Gasteiger partial charge in [0.2, 0.25) is 0 Å². The molecule has 2 amide bonds. The lowest BCUT2D eigenvalue weighted by Crippen LogP contribution is -2.52. The maximum absolute atomic E-state index is 12.7. The Labute approximate surface area is 140 Å². The SMILES string of the molecule is C[C@@H](CN1CCOCC1)NC(=O)N1CCC[C@@H]1C1CCCCC1. The zero-order valence-corrected chi connectivity index (χ0v) is 14.6. The average molecular weight is 323 g/mol. The van der Waals surface area contributed by atoms with Gasteiger partial charge in [-0.1, -0.05) is 19.3 Å². The lowest BCUT2D eigenvalue weighted by atomic mass is 9.83. The molecule has 2 heterocycles. The van der Waals surface area contributed by atoms with Crippen LogP contribution in [0.3, 0.4) is 0 Å². The quantitative estimate of drug-likeness (QED) is 0.864. The topological polar surface area (TPSA) is 44.8 Å². The summed E-state index contributed by atoms with van der Waals surface area (Å²) in [5.74, 6) is 0.742. The van der Waals surface area contributed by atoms with Crippen molar-refractivity contribution in [2.24, 2.45) is 5.92 Å². The van der Waals surface area contributed by atoms with E-state index < -0.39 is 0 Å². The fraction of sp³-hybridized carbons (Fsp3) is 0.944. The Morgan fingerprint density at radius 3 is 2.57 bits per heavy atom. The molecule has 0 radical (unpaired) electrons. The van der Waals surface area contributed by atoms with Gasteiger partial charge in [-0.2, -0.15) is 0 Å². The first-order valence-corrected chi connectivity index (χ1v) is 9.61. The highest BCUT2D eigenvalue weighted by Gasteiger charge is 2.35. The molecule has 23 heavy (non-hydrogen) atoms. The smallest absolute Gasteiger partial charge is 0.317 e. The van der Waals surface area contributed by atoms with E-state index in [9.17, 15) is 4.79 Å². The van der Waals surface area contributed by atoms with E-state index in [2.05, 4.69) is 22.0 Å². The first-order chi connectivity index (χ1) is 11.2. The molecule has 3 aliphatic rings. The van der Waals surface area contributed by atoms with Crippen LogP contribution in [0.25, 0.3) is 0 Å². The Balaban J connectivity index is 1.47. The summed E-state index contributed by atoms with van der Waals surface area (Å²) < 4.78 is 5.39. The van der Waals surface area contributed by atoms with Crippen LogP contribution in [-0.2, 0) is 4.74 Å². The molecule has 2 atom stereocenters. The summed E-state index contributed by atoms with van der Waals surface area (Å²) in [6.45, 7) is 7.59. The van der Waals surface area contributed by atoms with Gasteiger partial charge < -0.3 is 15.0 Å². The van der Waals surface area contributed by atoms with Crippen LogP contribution in [0.1, 0.15) is 51.9 Å². The van der Waals surface area contributed by atoms with E-state index in [1.165, 1.54) is 44.9 Å². The molecule has 5 nitrogen and oxygen atoms in total. The number of rotatable bonds is 4. The second kappa shape index (κ2) is 8.34. The molecule has 5 heteroatoms. The highest BCUT2D eigenvalue weighted by Crippen LogP contribution is 2.34. The number of hydrogen-bond acceptors (Lipinski definition) is 3. The molecule has 0 aromatic heterocycles. The van der Waals surface area contributed by atoms with Gasteiger partial charge in [-0.05, 0) is 38.5 Å². The highest BCUT2D eigenvalue weighted by atomic mass is 16.5. The average Bonchev–Trinajstić information content (AvgIpc) is 3.06. The lowest BCUT2D eigenvalue weighted by Gasteiger charge is -2.35. The van der Waals surface area contributed by atoms with E-state index in [1.807, 2.05) is 0 Å². The second-order valence-electron chi connectivity index (χ2n) is 7.56. The summed E-state index contributed by atoms with van der Waals surface area (Å²) in [6, 6.07) is 0.859. The molecular formula is C18H33N3O2. The van der Waals surface area contributed by atoms with E-state index in [-0.39, 0.29) is 12.1 Å². The molecule has 1 N–H and O–H groups in total. The van der Waals surface area contributed by atoms with Crippen molar-refractivity contribution in [3.8, 4) is 0 Å². The number of carbonyl (C=O) groups is 1. The van der Waals surface area contributed by atoms with Crippen molar-refractivity contribution < 1.29 is 9.53 Å². The van der Waals surface area contributed by atoms with E-state index in [0.29, 0.717) is 6.04 Å². The van der Waals surface area contributed by atoms with Crippen LogP contribution in [0.15, 0.2) is 0 Å². The van der Waals surface area contributed by atoms with E-state index >= 15 is 0 Å². The Hall–Kier alpha value is -0.810. The summed E-state index contributed by atoms with van der Waals surface area (Å²) >= 11 is 0. The first kappa shape index (κ1) is 17.0. The van der Waals surface area contributed by atoms with Crippen LogP contribution in [0, 0.1) is 5.92 Å². The van der Waals surface area contributed by atoms with Gasteiger partial charge in [-0.3, -0.25) is 4.90 Å².